The van der Waals surface area contributed by atoms with Crippen molar-refractivity contribution in [2.45, 2.75) is 55.6 Å². The molecule has 1 saturated carbocycles. The average Bonchev–Trinajstić information content (AvgIpc) is 3.66. The number of hydrogen-bond acceptors (Lipinski definition) is 5. The van der Waals surface area contributed by atoms with E-state index in [2.05, 4.69) is 33.9 Å². The maximum Gasteiger partial charge on any atom is 0.236 e. The molecule has 4 unspecified atom stereocenters. The van der Waals surface area contributed by atoms with Crippen molar-refractivity contribution in [3.8, 4) is 17.2 Å². The Morgan fingerprint density at radius 2 is 2.09 bits per heavy atom. The van der Waals surface area contributed by atoms with Crippen molar-refractivity contribution in [1.82, 2.24) is 16.0 Å². The van der Waals surface area contributed by atoms with Gasteiger partial charge in [0.1, 0.15) is 11.9 Å². The fraction of sp³-hybridized carbons (Fsp3) is 0.429. The van der Waals surface area contributed by atoms with Crippen LogP contribution < -0.4 is 21.3 Å². The standard InChI is InChI=1S/C28H30FN5O/c1-16(26-20-4-6-21(11-20)33-26)32-22(14-30)10-19-3-2-18(13-24(19)29)17-5-7-25-23(12-17)28(27(35)34-25)8-9-31-15-28/h2-3,5,7,12-13,20-22,26,31-33H,1,4,6,8-11,15H2,(H,34,35)/t20?,21?,22-,26?,28?/m0/s1. The molecule has 0 radical (unpaired) electrons. The van der Waals surface area contributed by atoms with Crippen LogP contribution in [-0.2, 0) is 16.6 Å². The monoisotopic (exact) mass is 471 g/mol. The van der Waals surface area contributed by atoms with Gasteiger partial charge in [0.15, 0.2) is 0 Å². The van der Waals surface area contributed by atoms with E-state index in [0.29, 0.717) is 24.1 Å². The topological polar surface area (TPSA) is 89.0 Å². The fourth-order valence-electron chi connectivity index (χ4n) is 6.51. The van der Waals surface area contributed by atoms with Gasteiger partial charge >= 0.3 is 0 Å². The second kappa shape index (κ2) is 8.47. The Bertz CT molecular complexity index is 1240. The second-order valence-electron chi connectivity index (χ2n) is 10.5. The van der Waals surface area contributed by atoms with Crippen LogP contribution in [0.5, 0.6) is 0 Å². The van der Waals surface area contributed by atoms with E-state index in [9.17, 15) is 10.1 Å². The number of rotatable bonds is 6. The highest BCUT2D eigenvalue weighted by Gasteiger charge is 2.48. The molecule has 180 valence electrons. The summed E-state index contributed by atoms with van der Waals surface area (Å²) in [5.74, 6) is 0.279. The number of benzene rings is 2. The van der Waals surface area contributed by atoms with E-state index in [1.54, 1.807) is 6.07 Å². The second-order valence-corrected chi connectivity index (χ2v) is 10.5. The summed E-state index contributed by atoms with van der Waals surface area (Å²) in [5, 5.41) is 22.8. The number of amides is 1. The lowest BCUT2D eigenvalue weighted by Crippen LogP contribution is -2.43. The number of halogens is 1. The van der Waals surface area contributed by atoms with Crippen molar-refractivity contribution in [3.63, 3.8) is 0 Å². The Morgan fingerprint density at radius 1 is 1.26 bits per heavy atom. The number of anilines is 1. The van der Waals surface area contributed by atoms with Crippen LogP contribution in [0.1, 0.15) is 36.8 Å². The number of fused-ring (bicyclic) bond motifs is 4. The lowest BCUT2D eigenvalue weighted by molar-refractivity contribution is -0.120. The third-order valence-electron chi connectivity index (χ3n) is 8.43. The lowest BCUT2D eigenvalue weighted by atomic mass is 9.80. The maximum absolute atomic E-state index is 15.2. The van der Waals surface area contributed by atoms with Crippen LogP contribution in [0, 0.1) is 23.1 Å². The number of carbonyl (C=O) groups is 1. The van der Waals surface area contributed by atoms with E-state index >= 15 is 4.39 Å². The van der Waals surface area contributed by atoms with Crippen LogP contribution in [-0.4, -0.2) is 37.1 Å². The Balaban J connectivity index is 1.18. The third kappa shape index (κ3) is 3.72. The van der Waals surface area contributed by atoms with E-state index in [1.165, 1.54) is 25.3 Å². The molecule has 1 amide bonds. The minimum Gasteiger partial charge on any atom is -0.372 e. The average molecular weight is 472 g/mol. The highest BCUT2D eigenvalue weighted by molar-refractivity contribution is 6.07. The molecule has 2 saturated heterocycles. The zero-order valence-electron chi connectivity index (χ0n) is 19.7. The van der Waals surface area contributed by atoms with Crippen LogP contribution in [0.2, 0.25) is 0 Å². The first kappa shape index (κ1) is 22.3. The van der Waals surface area contributed by atoms with Gasteiger partial charge in [-0.15, -0.1) is 0 Å². The largest absolute Gasteiger partial charge is 0.372 e. The zero-order valence-corrected chi connectivity index (χ0v) is 19.7. The first-order chi connectivity index (χ1) is 17.0. The van der Waals surface area contributed by atoms with Crippen molar-refractivity contribution in [2.24, 2.45) is 5.92 Å². The number of hydrogen-bond donors (Lipinski definition) is 4. The summed E-state index contributed by atoms with van der Waals surface area (Å²) in [7, 11) is 0. The Morgan fingerprint density at radius 3 is 2.77 bits per heavy atom. The number of nitrogens with zero attached hydrogens (tertiary/aromatic N) is 1. The molecule has 4 aliphatic rings. The molecule has 1 aliphatic carbocycles. The summed E-state index contributed by atoms with van der Waals surface area (Å²) in [6.07, 6.45) is 4.60. The van der Waals surface area contributed by atoms with Gasteiger partial charge in [0.2, 0.25) is 5.91 Å². The summed E-state index contributed by atoms with van der Waals surface area (Å²) in [6, 6.07) is 13.5. The summed E-state index contributed by atoms with van der Waals surface area (Å²) >= 11 is 0. The molecule has 3 aliphatic heterocycles. The molecule has 4 N–H and O–H groups in total. The van der Waals surface area contributed by atoms with Crippen molar-refractivity contribution in [2.75, 3.05) is 18.4 Å². The zero-order chi connectivity index (χ0) is 24.2. The van der Waals surface area contributed by atoms with Gasteiger partial charge in [-0.05, 0) is 78.6 Å². The molecule has 3 fully saturated rings. The minimum absolute atomic E-state index is 0.0356. The third-order valence-corrected chi connectivity index (χ3v) is 8.43. The maximum atomic E-state index is 15.2. The van der Waals surface area contributed by atoms with Crippen LogP contribution >= 0.6 is 0 Å². The molecule has 1 spiro atoms. The van der Waals surface area contributed by atoms with Gasteiger partial charge in [-0.3, -0.25) is 4.79 Å². The molecule has 5 atom stereocenters. The fourth-order valence-corrected chi connectivity index (χ4v) is 6.51. The van der Waals surface area contributed by atoms with Crippen LogP contribution in [0.15, 0.2) is 48.7 Å². The highest BCUT2D eigenvalue weighted by Crippen LogP contribution is 2.43. The molecule has 7 heteroatoms. The summed E-state index contributed by atoms with van der Waals surface area (Å²) < 4.78 is 15.2. The van der Waals surface area contributed by atoms with E-state index in [4.69, 9.17) is 0 Å². The van der Waals surface area contributed by atoms with Gasteiger partial charge in [-0.1, -0.05) is 24.8 Å². The van der Waals surface area contributed by atoms with Crippen molar-refractivity contribution in [3.05, 3.63) is 65.6 Å². The molecule has 2 aromatic carbocycles. The summed E-state index contributed by atoms with van der Waals surface area (Å²) in [5.41, 5.74) is 4.25. The van der Waals surface area contributed by atoms with Gasteiger partial charge in [0.05, 0.1) is 11.5 Å². The van der Waals surface area contributed by atoms with Gasteiger partial charge in [0, 0.05) is 36.4 Å². The number of carbonyl (C=O) groups excluding carboxylic acids is 1. The minimum atomic E-state index is -0.546. The van der Waals surface area contributed by atoms with Crippen LogP contribution in [0.4, 0.5) is 10.1 Å². The van der Waals surface area contributed by atoms with Crippen molar-refractivity contribution < 1.29 is 9.18 Å². The van der Waals surface area contributed by atoms with Gasteiger partial charge in [-0.2, -0.15) is 5.26 Å². The Hall–Kier alpha value is -3.21. The highest BCUT2D eigenvalue weighted by atomic mass is 19.1. The number of nitrogens with one attached hydrogen (secondary N) is 4. The van der Waals surface area contributed by atoms with E-state index in [1.807, 2.05) is 24.3 Å². The quantitative estimate of drug-likeness (QED) is 0.519. The molecular weight excluding hydrogens is 441 g/mol. The number of piperidine rings is 1. The first-order valence-corrected chi connectivity index (χ1v) is 12.5. The SMILES string of the molecule is C=C(N[C@H](C#N)Cc1ccc(-c2ccc3c(c2)C2(CCNC2)C(=O)N3)cc1F)C1NC2CCC1C2. The van der Waals surface area contributed by atoms with E-state index < -0.39 is 11.5 Å². The predicted octanol–water partition coefficient (Wildman–Crippen LogP) is 3.35. The number of nitriles is 1. The molecular formula is C28H30FN5O. The van der Waals surface area contributed by atoms with Crippen LogP contribution in [0.3, 0.4) is 0 Å². The molecule has 2 bridgehead atoms. The van der Waals surface area contributed by atoms with Crippen molar-refractivity contribution >= 4 is 11.6 Å². The van der Waals surface area contributed by atoms with E-state index in [0.717, 1.165) is 41.0 Å². The van der Waals surface area contributed by atoms with E-state index in [-0.39, 0.29) is 24.2 Å². The first-order valence-electron chi connectivity index (χ1n) is 12.5. The Kier molecular flexibility index (Phi) is 5.39. The normalized spacial score (nSPS) is 29.1. The van der Waals surface area contributed by atoms with Gasteiger partial charge in [0.25, 0.3) is 0 Å². The predicted molar refractivity (Wildman–Crippen MR) is 133 cm³/mol. The Labute approximate surface area is 205 Å². The summed E-state index contributed by atoms with van der Waals surface area (Å²) in [4.78, 5) is 12.7. The molecule has 6 nitrogen and oxygen atoms in total. The molecule has 0 aromatic heterocycles. The van der Waals surface area contributed by atoms with Gasteiger partial charge in [-0.25, -0.2) is 4.39 Å². The molecule has 6 rings (SSSR count). The molecule has 2 aromatic rings. The lowest BCUT2D eigenvalue weighted by Gasteiger charge is -2.27. The van der Waals surface area contributed by atoms with Crippen LogP contribution in [0.25, 0.3) is 11.1 Å². The summed E-state index contributed by atoms with van der Waals surface area (Å²) in [6.45, 7) is 5.60. The molecule has 3 heterocycles. The van der Waals surface area contributed by atoms with Gasteiger partial charge < -0.3 is 21.3 Å². The molecule has 35 heavy (non-hydrogen) atoms. The smallest absolute Gasteiger partial charge is 0.236 e. The van der Waals surface area contributed by atoms with Crippen molar-refractivity contribution in [1.29, 1.82) is 5.26 Å².